The highest BCUT2D eigenvalue weighted by atomic mass is 32.1. The molecule has 1 aliphatic carbocycles. The van der Waals surface area contributed by atoms with Gasteiger partial charge in [-0.3, -0.25) is 4.79 Å². The van der Waals surface area contributed by atoms with Crippen molar-refractivity contribution in [1.82, 2.24) is 9.88 Å². The molecule has 0 aliphatic heterocycles. The van der Waals surface area contributed by atoms with Crippen molar-refractivity contribution in [1.29, 1.82) is 0 Å². The predicted octanol–water partition coefficient (Wildman–Crippen LogP) is 3.48. The maximum Gasteiger partial charge on any atom is 0.341 e. The molecule has 0 saturated carbocycles. The quantitative estimate of drug-likeness (QED) is 0.661. The van der Waals surface area contributed by atoms with E-state index in [-0.39, 0.29) is 19.1 Å². The van der Waals surface area contributed by atoms with Crippen molar-refractivity contribution in [3.8, 4) is 5.00 Å². The fourth-order valence-electron chi connectivity index (χ4n) is 3.27. The van der Waals surface area contributed by atoms with Crippen LogP contribution in [0.25, 0.3) is 5.00 Å². The summed E-state index contributed by atoms with van der Waals surface area (Å²) >= 11 is 1.64. The molecule has 1 aliphatic rings. The largest absolute Gasteiger partial charge is 0.467 e. The number of nitrogens with zero attached hydrogens (tertiary/aromatic N) is 1. The number of nitrogens with one attached hydrogen (secondary N) is 1. The van der Waals surface area contributed by atoms with Gasteiger partial charge in [-0.2, -0.15) is 0 Å². The molecule has 27 heavy (non-hydrogen) atoms. The molecule has 3 aromatic heterocycles. The Bertz CT molecular complexity index is 926. The highest BCUT2D eigenvalue weighted by Crippen LogP contribution is 2.37. The Morgan fingerprint density at radius 3 is 2.78 bits per heavy atom. The summed E-state index contributed by atoms with van der Waals surface area (Å²) in [7, 11) is 0. The number of carbonyl (C=O) groups is 2. The molecule has 1 N–H and O–H groups in total. The molecular weight excluding hydrogens is 364 g/mol. The van der Waals surface area contributed by atoms with E-state index in [0.717, 1.165) is 36.2 Å². The summed E-state index contributed by atoms with van der Waals surface area (Å²) in [6, 6.07) is 7.38. The number of hydrogen-bond acceptors (Lipinski definition) is 5. The molecule has 1 amide bonds. The van der Waals surface area contributed by atoms with E-state index >= 15 is 0 Å². The second-order valence-electron chi connectivity index (χ2n) is 6.41. The summed E-state index contributed by atoms with van der Waals surface area (Å²) in [5.41, 5.74) is 1.68. The van der Waals surface area contributed by atoms with Crippen LogP contribution in [0.4, 0.5) is 0 Å². The van der Waals surface area contributed by atoms with Gasteiger partial charge < -0.3 is 19.0 Å². The van der Waals surface area contributed by atoms with Crippen LogP contribution < -0.4 is 5.32 Å². The zero-order chi connectivity index (χ0) is 18.6. The van der Waals surface area contributed by atoms with E-state index in [4.69, 9.17) is 9.15 Å². The third-order valence-electron chi connectivity index (χ3n) is 4.57. The third kappa shape index (κ3) is 3.83. The number of fused-ring (bicyclic) bond motifs is 1. The number of amides is 1. The number of ether oxygens (including phenoxy) is 1. The van der Waals surface area contributed by atoms with Gasteiger partial charge in [0.05, 0.1) is 18.4 Å². The van der Waals surface area contributed by atoms with Crippen LogP contribution in [0.2, 0.25) is 0 Å². The van der Waals surface area contributed by atoms with E-state index in [2.05, 4.69) is 5.32 Å². The standard InChI is InChI=1S/C20H20N2O4S/c23-17(21-12-14-6-5-11-25-14)13-26-20(24)18-15-7-1-2-8-16(15)27-19(18)22-9-3-4-10-22/h3-6,9-11H,1-2,7-8,12-13H2,(H,21,23). The van der Waals surface area contributed by atoms with Gasteiger partial charge in [-0.25, -0.2) is 4.79 Å². The van der Waals surface area contributed by atoms with Crippen molar-refractivity contribution in [2.24, 2.45) is 0 Å². The number of furan rings is 1. The van der Waals surface area contributed by atoms with Crippen LogP contribution >= 0.6 is 11.3 Å². The van der Waals surface area contributed by atoms with Crippen LogP contribution in [-0.4, -0.2) is 23.1 Å². The zero-order valence-corrected chi connectivity index (χ0v) is 15.6. The number of hydrogen-bond donors (Lipinski definition) is 1. The molecule has 0 unspecified atom stereocenters. The van der Waals surface area contributed by atoms with E-state index < -0.39 is 5.97 Å². The van der Waals surface area contributed by atoms with Gasteiger partial charge >= 0.3 is 5.97 Å². The van der Waals surface area contributed by atoms with Gasteiger partial charge in [0.15, 0.2) is 6.61 Å². The van der Waals surface area contributed by atoms with E-state index in [0.29, 0.717) is 11.3 Å². The Hall–Kier alpha value is -2.80. The summed E-state index contributed by atoms with van der Waals surface area (Å²) in [5, 5.41) is 3.55. The average Bonchev–Trinajstić information content (AvgIpc) is 3.44. The van der Waals surface area contributed by atoms with Crippen molar-refractivity contribution >= 4 is 23.2 Å². The Morgan fingerprint density at radius 2 is 2.00 bits per heavy atom. The first-order chi connectivity index (χ1) is 13.2. The normalized spacial score (nSPS) is 13.2. The SMILES string of the molecule is O=C(COC(=O)c1c(-n2cccc2)sc2c1CCCC2)NCc1ccco1. The van der Waals surface area contributed by atoms with Gasteiger partial charge in [0.1, 0.15) is 10.8 Å². The van der Waals surface area contributed by atoms with Gasteiger partial charge in [0.2, 0.25) is 0 Å². The highest BCUT2D eigenvalue weighted by Gasteiger charge is 2.27. The number of aromatic nitrogens is 1. The minimum atomic E-state index is -0.439. The van der Waals surface area contributed by atoms with Crippen molar-refractivity contribution in [2.75, 3.05) is 6.61 Å². The Kier molecular flexibility index (Phi) is 5.11. The topological polar surface area (TPSA) is 73.5 Å². The number of aryl methyl sites for hydroxylation is 1. The second-order valence-corrected chi connectivity index (χ2v) is 7.50. The molecule has 0 aromatic carbocycles. The first-order valence-electron chi connectivity index (χ1n) is 8.96. The van der Waals surface area contributed by atoms with Gasteiger partial charge in [-0.15, -0.1) is 11.3 Å². The number of carbonyl (C=O) groups excluding carboxylic acids is 2. The first-order valence-corrected chi connectivity index (χ1v) is 9.78. The Balaban J connectivity index is 1.46. The highest BCUT2D eigenvalue weighted by molar-refractivity contribution is 7.15. The molecule has 3 aromatic rings. The number of rotatable bonds is 6. The van der Waals surface area contributed by atoms with Crippen LogP contribution in [0.3, 0.4) is 0 Å². The summed E-state index contributed by atoms with van der Waals surface area (Å²) in [5.74, 6) is -0.144. The molecule has 0 fully saturated rings. The fourth-order valence-corrected chi connectivity index (χ4v) is 4.61. The smallest absolute Gasteiger partial charge is 0.341 e. The molecule has 0 saturated heterocycles. The Labute approximate surface area is 160 Å². The summed E-state index contributed by atoms with van der Waals surface area (Å²) in [6.45, 7) is -0.0405. The minimum absolute atomic E-state index is 0.270. The summed E-state index contributed by atoms with van der Waals surface area (Å²) in [4.78, 5) is 26.0. The lowest BCUT2D eigenvalue weighted by Gasteiger charge is -2.13. The lowest BCUT2D eigenvalue weighted by Crippen LogP contribution is -2.28. The van der Waals surface area contributed by atoms with Gasteiger partial charge in [0, 0.05) is 17.3 Å². The maximum atomic E-state index is 12.8. The molecule has 0 atom stereocenters. The molecule has 140 valence electrons. The molecule has 0 spiro atoms. The molecule has 0 radical (unpaired) electrons. The second kappa shape index (κ2) is 7.84. The monoisotopic (exact) mass is 384 g/mol. The number of thiophene rings is 1. The van der Waals surface area contributed by atoms with E-state index in [1.54, 1.807) is 29.7 Å². The van der Waals surface area contributed by atoms with Crippen molar-refractivity contribution in [3.05, 3.63) is 64.7 Å². The van der Waals surface area contributed by atoms with Crippen LogP contribution in [-0.2, 0) is 28.9 Å². The Morgan fingerprint density at radius 1 is 1.19 bits per heavy atom. The predicted molar refractivity (Wildman–Crippen MR) is 101 cm³/mol. The molecule has 6 nitrogen and oxygen atoms in total. The van der Waals surface area contributed by atoms with Gasteiger partial charge in [0.25, 0.3) is 5.91 Å². The van der Waals surface area contributed by atoms with Crippen molar-refractivity contribution < 1.29 is 18.7 Å². The lowest BCUT2D eigenvalue weighted by molar-refractivity contribution is -0.124. The van der Waals surface area contributed by atoms with E-state index in [9.17, 15) is 9.59 Å². The molecule has 7 heteroatoms. The lowest BCUT2D eigenvalue weighted by atomic mass is 9.95. The van der Waals surface area contributed by atoms with Crippen LogP contribution in [0.1, 0.15) is 39.4 Å². The molecule has 0 bridgehead atoms. The van der Waals surface area contributed by atoms with Crippen LogP contribution in [0.15, 0.2) is 47.3 Å². The molecular formula is C20H20N2O4S. The van der Waals surface area contributed by atoms with Crippen molar-refractivity contribution in [3.63, 3.8) is 0 Å². The molecule has 4 rings (SSSR count). The maximum absolute atomic E-state index is 12.8. The number of esters is 1. The molecule has 3 heterocycles. The van der Waals surface area contributed by atoms with E-state index in [1.165, 1.54) is 4.88 Å². The first kappa shape index (κ1) is 17.6. The van der Waals surface area contributed by atoms with Gasteiger partial charge in [-0.05, 0) is 55.5 Å². The summed E-state index contributed by atoms with van der Waals surface area (Å²) < 4.78 is 12.4. The fraction of sp³-hybridized carbons (Fsp3) is 0.300. The van der Waals surface area contributed by atoms with Crippen LogP contribution in [0.5, 0.6) is 0 Å². The minimum Gasteiger partial charge on any atom is -0.467 e. The van der Waals surface area contributed by atoms with Crippen LogP contribution in [0, 0.1) is 0 Å². The summed E-state index contributed by atoms with van der Waals surface area (Å²) in [6.07, 6.45) is 9.47. The van der Waals surface area contributed by atoms with Crippen molar-refractivity contribution in [2.45, 2.75) is 32.2 Å². The average molecular weight is 384 g/mol. The van der Waals surface area contributed by atoms with E-state index in [1.807, 2.05) is 29.1 Å². The third-order valence-corrected chi connectivity index (χ3v) is 5.88. The van der Waals surface area contributed by atoms with Gasteiger partial charge in [-0.1, -0.05) is 0 Å². The zero-order valence-electron chi connectivity index (χ0n) is 14.8.